The van der Waals surface area contributed by atoms with Gasteiger partial charge in [0.2, 0.25) is 5.91 Å². The summed E-state index contributed by atoms with van der Waals surface area (Å²) in [4.78, 5) is 23.3. The normalized spacial score (nSPS) is 12.4. The van der Waals surface area contributed by atoms with Gasteiger partial charge in [0.15, 0.2) is 5.78 Å². The minimum atomic E-state index is -0.0746. The van der Waals surface area contributed by atoms with Crippen LogP contribution in [0.3, 0.4) is 0 Å². The van der Waals surface area contributed by atoms with Gasteiger partial charge in [0.25, 0.3) is 0 Å². The van der Waals surface area contributed by atoms with E-state index >= 15 is 0 Å². The molecule has 1 amide bonds. The van der Waals surface area contributed by atoms with Gasteiger partial charge in [0.1, 0.15) is 5.75 Å². The van der Waals surface area contributed by atoms with Gasteiger partial charge >= 0.3 is 0 Å². The maximum atomic E-state index is 12.1. The molecule has 0 saturated carbocycles. The van der Waals surface area contributed by atoms with Crippen LogP contribution in [0.25, 0.3) is 0 Å². The number of carbonyl (C=O) groups is 2. The number of ether oxygens (including phenoxy) is 1. The summed E-state index contributed by atoms with van der Waals surface area (Å²) in [5.74, 6) is 0.858. The van der Waals surface area contributed by atoms with Crippen LogP contribution in [0.4, 0.5) is 5.69 Å². The summed E-state index contributed by atoms with van der Waals surface area (Å²) in [5.41, 5.74) is 3.47. The predicted octanol–water partition coefficient (Wildman–Crippen LogP) is 3.01. The Kier molecular flexibility index (Phi) is 3.92. The summed E-state index contributed by atoms with van der Waals surface area (Å²) in [6.07, 6.45) is 1.22. The number of nitrogens with one attached hydrogen (secondary N) is 1. The second-order valence-electron chi connectivity index (χ2n) is 5.40. The van der Waals surface area contributed by atoms with Crippen molar-refractivity contribution in [2.45, 2.75) is 19.8 Å². The third-order valence-corrected chi connectivity index (χ3v) is 3.69. The van der Waals surface area contributed by atoms with E-state index in [1.807, 2.05) is 18.2 Å². The molecule has 112 valence electrons. The molecule has 3 rings (SSSR count). The van der Waals surface area contributed by atoms with Crippen LogP contribution in [-0.4, -0.2) is 18.3 Å². The van der Waals surface area contributed by atoms with Crippen LogP contribution in [0.15, 0.2) is 42.5 Å². The van der Waals surface area contributed by atoms with E-state index in [1.165, 1.54) is 6.92 Å². The molecule has 0 unspecified atom stereocenters. The molecule has 0 fully saturated rings. The number of hydrogen-bond donors (Lipinski definition) is 1. The first-order valence-corrected chi connectivity index (χ1v) is 7.27. The third-order valence-electron chi connectivity index (χ3n) is 3.69. The Bertz CT molecular complexity index is 720. The summed E-state index contributed by atoms with van der Waals surface area (Å²) in [6.45, 7) is 2.23. The molecule has 0 radical (unpaired) electrons. The number of ketones is 1. The summed E-state index contributed by atoms with van der Waals surface area (Å²) in [5, 5.41) is 2.84. The van der Waals surface area contributed by atoms with Crippen LogP contribution < -0.4 is 10.1 Å². The van der Waals surface area contributed by atoms with Crippen molar-refractivity contribution < 1.29 is 14.3 Å². The van der Waals surface area contributed by atoms with Gasteiger partial charge in [-0.05, 0) is 48.4 Å². The van der Waals surface area contributed by atoms with Gasteiger partial charge < -0.3 is 10.1 Å². The second kappa shape index (κ2) is 6.02. The lowest BCUT2D eigenvalue weighted by molar-refractivity contribution is -0.115. The third kappa shape index (κ3) is 3.17. The first-order valence-electron chi connectivity index (χ1n) is 7.27. The number of carbonyl (C=O) groups excluding carboxylic acids is 2. The van der Waals surface area contributed by atoms with E-state index in [9.17, 15) is 9.59 Å². The molecule has 0 aliphatic carbocycles. The second-order valence-corrected chi connectivity index (χ2v) is 5.40. The highest BCUT2D eigenvalue weighted by Gasteiger charge is 2.13. The number of anilines is 1. The molecular formula is C18H17NO3. The molecule has 2 aromatic rings. The standard InChI is InChI=1S/C18H17NO3/c1-12(20)14-3-5-16(6-4-14)19-18(21)11-13-2-7-17-15(10-13)8-9-22-17/h2-7,10H,8-9,11H2,1H3,(H,19,21). The highest BCUT2D eigenvalue weighted by Crippen LogP contribution is 2.26. The van der Waals surface area contributed by atoms with E-state index < -0.39 is 0 Å². The molecule has 2 aromatic carbocycles. The zero-order valence-corrected chi connectivity index (χ0v) is 12.4. The Balaban J connectivity index is 1.63. The average molecular weight is 295 g/mol. The maximum Gasteiger partial charge on any atom is 0.228 e. The Hall–Kier alpha value is -2.62. The van der Waals surface area contributed by atoms with Crippen molar-refractivity contribution in [2.24, 2.45) is 0 Å². The minimum absolute atomic E-state index is 0.0123. The number of amides is 1. The van der Waals surface area contributed by atoms with Gasteiger partial charge in [-0.3, -0.25) is 9.59 Å². The van der Waals surface area contributed by atoms with E-state index in [2.05, 4.69) is 5.32 Å². The number of hydrogen-bond acceptors (Lipinski definition) is 3. The van der Waals surface area contributed by atoms with Crippen molar-refractivity contribution in [1.82, 2.24) is 0 Å². The molecule has 0 bridgehead atoms. The van der Waals surface area contributed by atoms with Gasteiger partial charge in [-0.2, -0.15) is 0 Å². The summed E-state index contributed by atoms with van der Waals surface area (Å²) in [7, 11) is 0. The van der Waals surface area contributed by atoms with Crippen molar-refractivity contribution in [3.05, 3.63) is 59.2 Å². The summed E-state index contributed by atoms with van der Waals surface area (Å²) in [6, 6.07) is 12.8. The highest BCUT2D eigenvalue weighted by atomic mass is 16.5. The number of fused-ring (bicyclic) bond motifs is 1. The fourth-order valence-electron chi connectivity index (χ4n) is 2.53. The molecule has 4 nitrogen and oxygen atoms in total. The first-order chi connectivity index (χ1) is 10.6. The van der Waals surface area contributed by atoms with Crippen molar-refractivity contribution in [3.8, 4) is 5.75 Å². The molecular weight excluding hydrogens is 278 g/mol. The Morgan fingerprint density at radius 1 is 1.14 bits per heavy atom. The molecule has 0 atom stereocenters. The van der Waals surface area contributed by atoms with E-state index in [0.717, 1.165) is 23.3 Å². The molecule has 22 heavy (non-hydrogen) atoms. The number of rotatable bonds is 4. The fourth-order valence-corrected chi connectivity index (χ4v) is 2.53. The molecule has 0 spiro atoms. The smallest absolute Gasteiger partial charge is 0.228 e. The molecule has 4 heteroatoms. The number of Topliss-reactive ketones (excluding diaryl/α,β-unsaturated/α-hetero) is 1. The van der Waals surface area contributed by atoms with Crippen LogP contribution in [-0.2, 0) is 17.6 Å². The molecule has 1 heterocycles. The van der Waals surface area contributed by atoms with Crippen LogP contribution in [0.1, 0.15) is 28.4 Å². The Labute approximate surface area is 129 Å². The first kappa shape index (κ1) is 14.3. The molecule has 1 N–H and O–H groups in total. The zero-order chi connectivity index (χ0) is 15.5. The monoisotopic (exact) mass is 295 g/mol. The Morgan fingerprint density at radius 3 is 2.64 bits per heavy atom. The van der Waals surface area contributed by atoms with Gasteiger partial charge in [-0.15, -0.1) is 0 Å². The lowest BCUT2D eigenvalue weighted by Gasteiger charge is -2.07. The molecule has 1 aliphatic rings. The van der Waals surface area contributed by atoms with Crippen LogP contribution >= 0.6 is 0 Å². The van der Waals surface area contributed by atoms with Crippen molar-refractivity contribution in [1.29, 1.82) is 0 Å². The van der Waals surface area contributed by atoms with Crippen molar-refractivity contribution >= 4 is 17.4 Å². The highest BCUT2D eigenvalue weighted by molar-refractivity contribution is 5.96. The molecule has 0 saturated heterocycles. The van der Waals surface area contributed by atoms with Crippen molar-refractivity contribution in [3.63, 3.8) is 0 Å². The topological polar surface area (TPSA) is 55.4 Å². The van der Waals surface area contributed by atoms with E-state index in [-0.39, 0.29) is 11.7 Å². The van der Waals surface area contributed by atoms with E-state index in [4.69, 9.17) is 4.74 Å². The maximum absolute atomic E-state index is 12.1. The van der Waals surface area contributed by atoms with Gasteiger partial charge in [0.05, 0.1) is 13.0 Å². The van der Waals surface area contributed by atoms with Crippen molar-refractivity contribution in [2.75, 3.05) is 11.9 Å². The zero-order valence-electron chi connectivity index (χ0n) is 12.4. The van der Waals surface area contributed by atoms with E-state index in [1.54, 1.807) is 24.3 Å². The van der Waals surface area contributed by atoms with E-state index in [0.29, 0.717) is 24.3 Å². The fraction of sp³-hybridized carbons (Fsp3) is 0.222. The SMILES string of the molecule is CC(=O)c1ccc(NC(=O)Cc2ccc3c(c2)CCO3)cc1. The average Bonchev–Trinajstić information content (AvgIpc) is 2.95. The van der Waals surface area contributed by atoms with Crippen LogP contribution in [0.5, 0.6) is 5.75 Å². The van der Waals surface area contributed by atoms with Gasteiger partial charge in [-0.25, -0.2) is 0 Å². The summed E-state index contributed by atoms with van der Waals surface area (Å²) < 4.78 is 5.46. The summed E-state index contributed by atoms with van der Waals surface area (Å²) >= 11 is 0. The van der Waals surface area contributed by atoms with Crippen LogP contribution in [0, 0.1) is 0 Å². The lowest BCUT2D eigenvalue weighted by Crippen LogP contribution is -2.14. The quantitative estimate of drug-likeness (QED) is 0.882. The van der Waals surface area contributed by atoms with Gasteiger partial charge in [0, 0.05) is 17.7 Å². The predicted molar refractivity (Wildman–Crippen MR) is 84.4 cm³/mol. The molecule has 1 aliphatic heterocycles. The minimum Gasteiger partial charge on any atom is -0.493 e. The van der Waals surface area contributed by atoms with Gasteiger partial charge in [-0.1, -0.05) is 12.1 Å². The molecule has 0 aromatic heterocycles. The Morgan fingerprint density at radius 2 is 1.91 bits per heavy atom. The largest absolute Gasteiger partial charge is 0.493 e. The van der Waals surface area contributed by atoms with Crippen LogP contribution in [0.2, 0.25) is 0 Å². The number of benzene rings is 2. The lowest BCUT2D eigenvalue weighted by atomic mass is 10.1.